The van der Waals surface area contributed by atoms with Gasteiger partial charge in [0.1, 0.15) is 0 Å². The van der Waals surface area contributed by atoms with Gasteiger partial charge in [0.2, 0.25) is 5.28 Å². The first kappa shape index (κ1) is 14.8. The van der Waals surface area contributed by atoms with E-state index in [1.807, 2.05) is 0 Å². The van der Waals surface area contributed by atoms with E-state index in [1.165, 1.54) is 0 Å². The van der Waals surface area contributed by atoms with Crippen LogP contribution in [0, 0.1) is 5.82 Å². The third kappa shape index (κ3) is 3.94. The largest absolute Gasteiger partial charge is 0.760 e. The molecule has 9 heteroatoms. The fraction of sp³-hybridized carbons (Fsp3) is 0.0909. The van der Waals surface area contributed by atoms with Crippen molar-refractivity contribution in [2.45, 2.75) is 6.54 Å². The first-order chi connectivity index (χ1) is 9.56. The second-order valence-electron chi connectivity index (χ2n) is 3.67. The highest BCUT2D eigenvalue weighted by Crippen LogP contribution is 2.22. The van der Waals surface area contributed by atoms with Gasteiger partial charge in [0.05, 0.1) is 6.20 Å². The molecule has 0 fully saturated rings. The summed E-state index contributed by atoms with van der Waals surface area (Å²) in [5.41, 5.74) is 1.14. The molecule has 1 unspecified atom stereocenters. The topological polar surface area (TPSA) is 90.0 Å². The summed E-state index contributed by atoms with van der Waals surface area (Å²) in [6.07, 6.45) is 0.950. The molecule has 20 heavy (non-hydrogen) atoms. The molecule has 1 heterocycles. The molecule has 2 N–H and O–H groups in total. The fourth-order valence-corrected chi connectivity index (χ4v) is 1.90. The molecule has 0 aliphatic carbocycles. The first-order valence-corrected chi connectivity index (χ1v) is 6.87. The van der Waals surface area contributed by atoms with Crippen LogP contribution in [0.1, 0.15) is 5.56 Å². The van der Waals surface area contributed by atoms with Gasteiger partial charge in [-0.15, -0.1) is 0 Å². The minimum atomic E-state index is -2.38. The Kier molecular flexibility index (Phi) is 4.96. The van der Waals surface area contributed by atoms with Gasteiger partial charge in [-0.3, -0.25) is 4.21 Å². The molecule has 6 nitrogen and oxygen atoms in total. The molecule has 1 aromatic carbocycles. The average Bonchev–Trinajstić information content (AvgIpc) is 2.42. The highest BCUT2D eigenvalue weighted by Gasteiger charge is 2.08. The fourth-order valence-electron chi connectivity index (χ4n) is 1.49. The van der Waals surface area contributed by atoms with Crippen LogP contribution in [-0.4, -0.2) is 18.7 Å². The number of para-hydroxylation sites is 1. The van der Waals surface area contributed by atoms with E-state index in [4.69, 9.17) is 11.6 Å². The molecule has 0 aliphatic heterocycles. The van der Waals surface area contributed by atoms with Crippen molar-refractivity contribution < 1.29 is 13.2 Å². The summed E-state index contributed by atoms with van der Waals surface area (Å²) in [4.78, 5) is 7.24. The number of hydrogen-bond donors (Lipinski definition) is 2. The summed E-state index contributed by atoms with van der Waals surface area (Å²) in [5.74, 6) is -0.745. The number of hydrogen-bond acceptors (Lipinski definition) is 5. The minimum Gasteiger partial charge on any atom is -0.760 e. The van der Waals surface area contributed by atoms with E-state index in [2.05, 4.69) is 20.0 Å². The lowest BCUT2D eigenvalue weighted by atomic mass is 10.2. The molecule has 0 amide bonds. The molecule has 2 aromatic rings. The van der Waals surface area contributed by atoms with Crippen LogP contribution in [0.4, 0.5) is 15.9 Å². The lowest BCUT2D eigenvalue weighted by Gasteiger charge is -2.13. The van der Waals surface area contributed by atoms with Gasteiger partial charge in [0.15, 0.2) is 11.6 Å². The van der Waals surface area contributed by atoms with Crippen LogP contribution in [-0.2, 0) is 17.8 Å². The maximum absolute atomic E-state index is 13.5. The van der Waals surface area contributed by atoms with Crippen molar-refractivity contribution in [1.29, 1.82) is 0 Å². The van der Waals surface area contributed by atoms with Crippen molar-refractivity contribution >= 4 is 34.4 Å². The second kappa shape index (κ2) is 6.71. The number of rotatable bonds is 5. The standard InChI is InChI=1S/C11H10ClFN4O2S/c12-11-14-6-8(13)10(17-11)16-9-4-2-1-3-7(9)5-15-20(18)19/h1-4,6,15H,5H2,(H,18,19)(H,14,16,17)/p-1. The third-order valence-corrected chi connectivity index (χ3v) is 2.93. The minimum absolute atomic E-state index is 0.0692. The molecular formula is C11H9ClFN4O2S-. The van der Waals surface area contributed by atoms with Crippen LogP contribution in [0.5, 0.6) is 0 Å². The number of halogens is 2. The van der Waals surface area contributed by atoms with Gasteiger partial charge in [-0.2, -0.15) is 4.98 Å². The smallest absolute Gasteiger partial charge is 0.224 e. The van der Waals surface area contributed by atoms with Gasteiger partial charge in [-0.25, -0.2) is 14.1 Å². The maximum atomic E-state index is 13.5. The normalized spacial score (nSPS) is 12.2. The van der Waals surface area contributed by atoms with Gasteiger partial charge in [0, 0.05) is 23.5 Å². The summed E-state index contributed by atoms with van der Waals surface area (Å²) >= 11 is 3.23. The molecule has 1 atom stereocenters. The molecule has 0 spiro atoms. The summed E-state index contributed by atoms with van der Waals surface area (Å²) in [5, 5.41) is 2.66. The maximum Gasteiger partial charge on any atom is 0.224 e. The van der Waals surface area contributed by atoms with Crippen LogP contribution < -0.4 is 10.0 Å². The van der Waals surface area contributed by atoms with Crippen molar-refractivity contribution in [1.82, 2.24) is 14.7 Å². The van der Waals surface area contributed by atoms with E-state index in [1.54, 1.807) is 24.3 Å². The Morgan fingerprint density at radius 1 is 1.40 bits per heavy atom. The molecule has 0 radical (unpaired) electrons. The Bertz CT molecular complexity index is 644. The van der Waals surface area contributed by atoms with E-state index in [0.717, 1.165) is 6.20 Å². The summed E-state index contributed by atoms with van der Waals surface area (Å²) < 4.78 is 36.8. The summed E-state index contributed by atoms with van der Waals surface area (Å²) in [6, 6.07) is 6.82. The molecule has 0 saturated heterocycles. The zero-order valence-corrected chi connectivity index (χ0v) is 11.5. The van der Waals surface area contributed by atoms with Gasteiger partial charge in [-0.1, -0.05) is 18.2 Å². The number of aromatic nitrogens is 2. The Balaban J connectivity index is 2.24. The molecule has 0 bridgehead atoms. The van der Waals surface area contributed by atoms with E-state index in [-0.39, 0.29) is 17.6 Å². The van der Waals surface area contributed by atoms with Crippen molar-refractivity contribution in [3.05, 3.63) is 47.1 Å². The molecule has 0 aliphatic rings. The Labute approximate surface area is 121 Å². The van der Waals surface area contributed by atoms with Crippen LogP contribution in [0.2, 0.25) is 5.28 Å². The first-order valence-electron chi connectivity index (χ1n) is 5.42. The van der Waals surface area contributed by atoms with Crippen molar-refractivity contribution in [3.63, 3.8) is 0 Å². The monoisotopic (exact) mass is 315 g/mol. The molecule has 1 aromatic heterocycles. The van der Waals surface area contributed by atoms with Gasteiger partial charge in [0.25, 0.3) is 0 Å². The van der Waals surface area contributed by atoms with E-state index >= 15 is 0 Å². The molecule has 0 saturated carbocycles. The van der Waals surface area contributed by atoms with Crippen molar-refractivity contribution in [2.75, 3.05) is 5.32 Å². The van der Waals surface area contributed by atoms with Crippen LogP contribution in [0.15, 0.2) is 30.5 Å². The average molecular weight is 316 g/mol. The quantitative estimate of drug-likeness (QED) is 0.649. The van der Waals surface area contributed by atoms with E-state index in [0.29, 0.717) is 11.3 Å². The summed E-state index contributed by atoms with van der Waals surface area (Å²) in [7, 11) is 0. The highest BCUT2D eigenvalue weighted by molar-refractivity contribution is 7.77. The number of anilines is 2. The Morgan fingerprint density at radius 2 is 2.15 bits per heavy atom. The molecule has 2 rings (SSSR count). The van der Waals surface area contributed by atoms with E-state index in [9.17, 15) is 13.2 Å². The predicted octanol–water partition coefficient (Wildman–Crippen LogP) is 1.90. The summed E-state index contributed by atoms with van der Waals surface area (Å²) in [6.45, 7) is 0.0692. The molecule has 106 valence electrons. The zero-order valence-electron chi connectivity index (χ0n) is 9.97. The van der Waals surface area contributed by atoms with Gasteiger partial charge in [-0.05, 0) is 23.2 Å². The molecular weight excluding hydrogens is 307 g/mol. The Morgan fingerprint density at radius 3 is 2.90 bits per heavy atom. The third-order valence-electron chi connectivity index (χ3n) is 2.37. The number of nitrogens with zero attached hydrogens (tertiary/aromatic N) is 2. The second-order valence-corrected chi connectivity index (χ2v) is 4.77. The van der Waals surface area contributed by atoms with E-state index < -0.39 is 17.1 Å². The van der Waals surface area contributed by atoms with Crippen LogP contribution in [0.25, 0.3) is 0 Å². The highest BCUT2D eigenvalue weighted by atomic mass is 35.5. The van der Waals surface area contributed by atoms with Crippen LogP contribution in [0.3, 0.4) is 0 Å². The SMILES string of the molecule is O=S([O-])NCc1ccccc1Nc1nc(Cl)ncc1F. The predicted molar refractivity (Wildman–Crippen MR) is 72.5 cm³/mol. The Hall–Kier alpha value is -1.61. The number of benzene rings is 1. The van der Waals surface area contributed by atoms with Crippen LogP contribution >= 0.6 is 11.6 Å². The van der Waals surface area contributed by atoms with Crippen molar-refractivity contribution in [3.8, 4) is 0 Å². The lowest BCUT2D eigenvalue weighted by molar-refractivity contribution is 0.522. The lowest BCUT2D eigenvalue weighted by Crippen LogP contribution is -2.16. The zero-order chi connectivity index (χ0) is 14.5. The van der Waals surface area contributed by atoms with Crippen molar-refractivity contribution in [2.24, 2.45) is 0 Å². The van der Waals surface area contributed by atoms with Gasteiger partial charge >= 0.3 is 0 Å². The number of nitrogens with one attached hydrogen (secondary N) is 2. The van der Waals surface area contributed by atoms with Gasteiger partial charge < -0.3 is 9.87 Å².